The fourth-order valence-electron chi connectivity index (χ4n) is 3.03. The van der Waals surface area contributed by atoms with E-state index in [4.69, 9.17) is 4.74 Å². The smallest absolute Gasteiger partial charge is 0.401 e. The molecule has 146 valence electrons. The van der Waals surface area contributed by atoms with Crippen LogP contribution in [-0.4, -0.2) is 63.4 Å². The van der Waals surface area contributed by atoms with Crippen molar-refractivity contribution in [3.8, 4) is 5.75 Å². The molecule has 1 atom stereocenters. The van der Waals surface area contributed by atoms with Gasteiger partial charge in [0, 0.05) is 32.7 Å². The van der Waals surface area contributed by atoms with Crippen LogP contribution in [0.3, 0.4) is 0 Å². The molecule has 0 spiro atoms. The van der Waals surface area contributed by atoms with E-state index >= 15 is 0 Å². The van der Waals surface area contributed by atoms with Crippen LogP contribution in [0.1, 0.15) is 18.4 Å². The molecule has 1 unspecified atom stereocenters. The average Bonchev–Trinajstić information content (AvgIpc) is 3.03. The molecule has 1 aliphatic heterocycles. The van der Waals surface area contributed by atoms with E-state index < -0.39 is 12.7 Å². The van der Waals surface area contributed by atoms with E-state index in [9.17, 15) is 13.2 Å². The van der Waals surface area contributed by atoms with Crippen molar-refractivity contribution in [2.45, 2.75) is 31.5 Å². The third-order valence-electron chi connectivity index (χ3n) is 4.33. The summed E-state index contributed by atoms with van der Waals surface area (Å²) in [6.07, 6.45) is -1.60. The van der Waals surface area contributed by atoms with Crippen LogP contribution in [0, 0.1) is 0 Å². The number of aliphatic imine (C=N–C) groups is 1. The van der Waals surface area contributed by atoms with Gasteiger partial charge in [0.2, 0.25) is 0 Å². The number of aryl methyl sites for hydroxylation is 1. The average molecular weight is 372 g/mol. The first-order chi connectivity index (χ1) is 12.4. The minimum Gasteiger partial charge on any atom is -0.497 e. The number of ether oxygens (including phenoxy) is 1. The van der Waals surface area contributed by atoms with Gasteiger partial charge in [-0.15, -0.1) is 0 Å². The number of rotatable bonds is 7. The maximum atomic E-state index is 12.4. The molecule has 0 aliphatic carbocycles. The number of halogens is 3. The zero-order chi connectivity index (χ0) is 19.0. The molecule has 1 fully saturated rings. The van der Waals surface area contributed by atoms with Crippen molar-refractivity contribution in [2.75, 3.05) is 40.3 Å². The summed E-state index contributed by atoms with van der Waals surface area (Å²) < 4.78 is 42.5. The number of hydrogen-bond donors (Lipinski definition) is 2. The lowest BCUT2D eigenvalue weighted by Gasteiger charge is -2.19. The van der Waals surface area contributed by atoms with Crippen LogP contribution >= 0.6 is 0 Å². The monoisotopic (exact) mass is 372 g/mol. The molecule has 1 aromatic carbocycles. The Hall–Kier alpha value is -1.96. The molecule has 5 nitrogen and oxygen atoms in total. The summed E-state index contributed by atoms with van der Waals surface area (Å²) in [7, 11) is 3.31. The molecule has 1 aliphatic rings. The number of methoxy groups -OCH3 is 1. The summed E-state index contributed by atoms with van der Waals surface area (Å²) in [6, 6.07) is 7.95. The van der Waals surface area contributed by atoms with Crippen molar-refractivity contribution in [2.24, 2.45) is 4.99 Å². The van der Waals surface area contributed by atoms with Crippen LogP contribution in [0.15, 0.2) is 29.3 Å². The third-order valence-corrected chi connectivity index (χ3v) is 4.33. The molecule has 0 aromatic heterocycles. The minimum atomic E-state index is -4.14. The van der Waals surface area contributed by atoms with Gasteiger partial charge < -0.3 is 15.4 Å². The topological polar surface area (TPSA) is 48.9 Å². The molecular formula is C18H27F3N4O. The van der Waals surface area contributed by atoms with Gasteiger partial charge in [0.1, 0.15) is 5.75 Å². The molecule has 26 heavy (non-hydrogen) atoms. The number of benzene rings is 1. The highest BCUT2D eigenvalue weighted by Gasteiger charge is 2.34. The number of alkyl halides is 3. The van der Waals surface area contributed by atoms with Crippen LogP contribution in [0.5, 0.6) is 5.75 Å². The number of nitrogens with one attached hydrogen (secondary N) is 2. The van der Waals surface area contributed by atoms with Crippen LogP contribution in [0.25, 0.3) is 0 Å². The highest BCUT2D eigenvalue weighted by Crippen LogP contribution is 2.19. The second-order valence-electron chi connectivity index (χ2n) is 6.43. The molecule has 0 radical (unpaired) electrons. The third kappa shape index (κ3) is 7.11. The van der Waals surface area contributed by atoms with Crippen molar-refractivity contribution in [3.05, 3.63) is 29.8 Å². The quantitative estimate of drug-likeness (QED) is 0.439. The Balaban J connectivity index is 1.66. The minimum absolute atomic E-state index is 0.00913. The molecule has 0 saturated carbocycles. The number of likely N-dealkylation sites (tertiary alicyclic amines) is 1. The molecule has 1 aromatic rings. The predicted molar refractivity (Wildman–Crippen MR) is 96.7 cm³/mol. The molecular weight excluding hydrogens is 345 g/mol. The standard InChI is InChI=1S/C18H27F3N4O/c1-22-17(24-15-9-11-25(12-15)13-18(19,20)21)23-10-3-4-14-5-7-16(26-2)8-6-14/h5-8,15H,3-4,9-13H2,1-2H3,(H2,22,23,24). The van der Waals surface area contributed by atoms with Gasteiger partial charge in [-0.1, -0.05) is 12.1 Å². The van der Waals surface area contributed by atoms with Crippen molar-refractivity contribution < 1.29 is 17.9 Å². The zero-order valence-corrected chi connectivity index (χ0v) is 15.3. The highest BCUT2D eigenvalue weighted by atomic mass is 19.4. The van der Waals surface area contributed by atoms with Gasteiger partial charge in [0.15, 0.2) is 5.96 Å². The summed E-state index contributed by atoms with van der Waals surface area (Å²) in [5, 5.41) is 6.43. The van der Waals surface area contributed by atoms with Crippen molar-refractivity contribution in [1.82, 2.24) is 15.5 Å². The van der Waals surface area contributed by atoms with Gasteiger partial charge in [0.25, 0.3) is 0 Å². The highest BCUT2D eigenvalue weighted by molar-refractivity contribution is 5.80. The van der Waals surface area contributed by atoms with Crippen molar-refractivity contribution in [3.63, 3.8) is 0 Å². The van der Waals surface area contributed by atoms with E-state index in [1.807, 2.05) is 24.3 Å². The molecule has 2 N–H and O–H groups in total. The first kappa shape index (κ1) is 20.4. The Morgan fingerprint density at radius 3 is 2.65 bits per heavy atom. The normalized spacial score (nSPS) is 18.8. The summed E-state index contributed by atoms with van der Waals surface area (Å²) in [6.45, 7) is 0.724. The van der Waals surface area contributed by atoms with Gasteiger partial charge >= 0.3 is 6.18 Å². The van der Waals surface area contributed by atoms with Crippen LogP contribution in [0.2, 0.25) is 0 Å². The van der Waals surface area contributed by atoms with E-state index in [0.29, 0.717) is 25.5 Å². The maximum Gasteiger partial charge on any atom is 0.401 e. The lowest BCUT2D eigenvalue weighted by Crippen LogP contribution is -2.45. The van der Waals surface area contributed by atoms with Crippen LogP contribution < -0.4 is 15.4 Å². The number of nitrogens with zero attached hydrogens (tertiary/aromatic N) is 2. The SMILES string of the molecule is CN=C(NCCCc1ccc(OC)cc1)NC1CCN(CC(F)(F)F)C1. The Morgan fingerprint density at radius 2 is 2.04 bits per heavy atom. The Morgan fingerprint density at radius 1 is 1.31 bits per heavy atom. The molecule has 0 bridgehead atoms. The summed E-state index contributed by atoms with van der Waals surface area (Å²) >= 11 is 0. The van der Waals surface area contributed by atoms with E-state index in [0.717, 1.165) is 25.1 Å². The van der Waals surface area contributed by atoms with Crippen molar-refractivity contribution in [1.29, 1.82) is 0 Å². The molecule has 1 heterocycles. The zero-order valence-electron chi connectivity index (χ0n) is 15.3. The van der Waals surface area contributed by atoms with E-state index in [1.54, 1.807) is 14.2 Å². The predicted octanol–water partition coefficient (Wildman–Crippen LogP) is 2.43. The molecule has 1 saturated heterocycles. The largest absolute Gasteiger partial charge is 0.497 e. The summed E-state index contributed by atoms with van der Waals surface area (Å²) in [4.78, 5) is 5.58. The van der Waals surface area contributed by atoms with E-state index in [1.165, 1.54) is 10.5 Å². The lowest BCUT2D eigenvalue weighted by atomic mass is 10.1. The molecule has 0 amide bonds. The Labute approximate surface area is 152 Å². The molecule has 2 rings (SSSR count). The van der Waals surface area contributed by atoms with Gasteiger partial charge in [-0.2, -0.15) is 13.2 Å². The second-order valence-corrected chi connectivity index (χ2v) is 6.43. The van der Waals surface area contributed by atoms with Gasteiger partial charge in [-0.05, 0) is 37.0 Å². The first-order valence-electron chi connectivity index (χ1n) is 8.79. The second kappa shape index (κ2) is 9.66. The summed E-state index contributed by atoms with van der Waals surface area (Å²) in [5.41, 5.74) is 1.23. The Bertz CT molecular complexity index is 575. The maximum absolute atomic E-state index is 12.4. The van der Waals surface area contributed by atoms with Crippen LogP contribution in [0.4, 0.5) is 13.2 Å². The van der Waals surface area contributed by atoms with E-state index in [2.05, 4.69) is 15.6 Å². The van der Waals surface area contributed by atoms with Gasteiger partial charge in [-0.3, -0.25) is 9.89 Å². The Kier molecular flexibility index (Phi) is 7.56. The number of guanidine groups is 1. The lowest BCUT2D eigenvalue weighted by molar-refractivity contribution is -0.143. The summed E-state index contributed by atoms with van der Waals surface area (Å²) in [5.74, 6) is 1.48. The van der Waals surface area contributed by atoms with E-state index in [-0.39, 0.29) is 6.04 Å². The fourth-order valence-corrected chi connectivity index (χ4v) is 3.03. The van der Waals surface area contributed by atoms with Crippen LogP contribution in [-0.2, 0) is 6.42 Å². The van der Waals surface area contributed by atoms with Gasteiger partial charge in [0.05, 0.1) is 13.7 Å². The fraction of sp³-hybridized carbons (Fsp3) is 0.611. The van der Waals surface area contributed by atoms with Crippen molar-refractivity contribution >= 4 is 5.96 Å². The van der Waals surface area contributed by atoms with Gasteiger partial charge in [-0.25, -0.2) is 0 Å². The molecule has 8 heteroatoms. The number of hydrogen-bond acceptors (Lipinski definition) is 3. The first-order valence-corrected chi connectivity index (χ1v) is 8.79.